The molecule has 1 unspecified atom stereocenters. The first kappa shape index (κ1) is 13.9. The van der Waals surface area contributed by atoms with Crippen LogP contribution in [0.5, 0.6) is 5.75 Å². The van der Waals surface area contributed by atoms with Gasteiger partial charge in [-0.3, -0.25) is 4.79 Å². The quantitative estimate of drug-likeness (QED) is 0.848. The topological polar surface area (TPSA) is 83.5 Å². The standard InChI is InChI=1S/C13H17NO4S/c1-9-7-10(3-4-11(9)15)12(16)14-13(2)5-6-19(17,18)8-13/h3-4,7,15H,5-6,8H2,1-2H3,(H,14,16). The molecule has 1 heterocycles. The van der Waals surface area contributed by atoms with Crippen molar-refractivity contribution < 1.29 is 18.3 Å². The molecule has 0 saturated carbocycles. The number of benzene rings is 1. The van der Waals surface area contributed by atoms with E-state index in [1.54, 1.807) is 19.9 Å². The van der Waals surface area contributed by atoms with Crippen LogP contribution in [0.2, 0.25) is 0 Å². The Morgan fingerprint density at radius 2 is 2.11 bits per heavy atom. The number of nitrogens with one attached hydrogen (secondary N) is 1. The van der Waals surface area contributed by atoms with Crippen LogP contribution in [0, 0.1) is 6.92 Å². The molecule has 1 atom stereocenters. The van der Waals surface area contributed by atoms with Gasteiger partial charge in [0.25, 0.3) is 5.91 Å². The van der Waals surface area contributed by atoms with Gasteiger partial charge in [-0.05, 0) is 44.0 Å². The number of rotatable bonds is 2. The van der Waals surface area contributed by atoms with E-state index in [9.17, 15) is 18.3 Å². The predicted molar refractivity (Wildman–Crippen MR) is 72.0 cm³/mol. The molecule has 0 aliphatic carbocycles. The Morgan fingerprint density at radius 3 is 2.63 bits per heavy atom. The van der Waals surface area contributed by atoms with Crippen molar-refractivity contribution in [2.24, 2.45) is 0 Å². The molecule has 0 radical (unpaired) electrons. The summed E-state index contributed by atoms with van der Waals surface area (Å²) in [6.45, 7) is 3.44. The van der Waals surface area contributed by atoms with Crippen molar-refractivity contribution in [3.63, 3.8) is 0 Å². The fraction of sp³-hybridized carbons (Fsp3) is 0.462. The van der Waals surface area contributed by atoms with Crippen LogP contribution in [0.3, 0.4) is 0 Å². The largest absolute Gasteiger partial charge is 0.508 e. The van der Waals surface area contributed by atoms with Crippen molar-refractivity contribution in [3.8, 4) is 5.75 Å². The van der Waals surface area contributed by atoms with Crippen LogP contribution in [0.25, 0.3) is 0 Å². The van der Waals surface area contributed by atoms with Crippen molar-refractivity contribution in [1.29, 1.82) is 0 Å². The van der Waals surface area contributed by atoms with E-state index in [4.69, 9.17) is 0 Å². The zero-order valence-corrected chi connectivity index (χ0v) is 11.8. The summed E-state index contributed by atoms with van der Waals surface area (Å²) in [6, 6.07) is 4.56. The van der Waals surface area contributed by atoms with Gasteiger partial charge in [0.05, 0.1) is 17.0 Å². The van der Waals surface area contributed by atoms with E-state index in [1.807, 2.05) is 0 Å². The van der Waals surface area contributed by atoms with E-state index in [-0.39, 0.29) is 23.2 Å². The van der Waals surface area contributed by atoms with Crippen LogP contribution < -0.4 is 5.32 Å². The van der Waals surface area contributed by atoms with Crippen molar-refractivity contribution in [2.45, 2.75) is 25.8 Å². The van der Waals surface area contributed by atoms with Gasteiger partial charge < -0.3 is 10.4 Å². The van der Waals surface area contributed by atoms with Crippen LogP contribution >= 0.6 is 0 Å². The van der Waals surface area contributed by atoms with Gasteiger partial charge in [-0.25, -0.2) is 8.42 Å². The summed E-state index contributed by atoms with van der Waals surface area (Å²) in [5.74, 6) is -0.102. The zero-order valence-electron chi connectivity index (χ0n) is 10.9. The third kappa shape index (κ3) is 3.07. The zero-order chi connectivity index (χ0) is 14.3. The number of hydrogen-bond donors (Lipinski definition) is 2. The Hall–Kier alpha value is -1.56. The van der Waals surface area contributed by atoms with Crippen molar-refractivity contribution in [3.05, 3.63) is 29.3 Å². The average molecular weight is 283 g/mol. The van der Waals surface area contributed by atoms with Gasteiger partial charge in [-0.15, -0.1) is 0 Å². The Bertz CT molecular complexity index is 624. The molecular weight excluding hydrogens is 266 g/mol. The first-order chi connectivity index (χ1) is 8.71. The smallest absolute Gasteiger partial charge is 0.251 e. The molecule has 0 bridgehead atoms. The fourth-order valence-corrected chi connectivity index (χ4v) is 4.35. The highest BCUT2D eigenvalue weighted by Gasteiger charge is 2.39. The van der Waals surface area contributed by atoms with Gasteiger partial charge in [0.15, 0.2) is 9.84 Å². The monoisotopic (exact) mass is 283 g/mol. The maximum Gasteiger partial charge on any atom is 0.251 e. The van der Waals surface area contributed by atoms with Crippen molar-refractivity contribution >= 4 is 15.7 Å². The van der Waals surface area contributed by atoms with Crippen LogP contribution in [0.4, 0.5) is 0 Å². The Kier molecular flexibility index (Phi) is 3.30. The molecule has 2 rings (SSSR count). The first-order valence-electron chi connectivity index (χ1n) is 6.03. The second-order valence-electron chi connectivity index (χ2n) is 5.36. The molecule has 1 aromatic rings. The summed E-state index contributed by atoms with van der Waals surface area (Å²) in [4.78, 5) is 12.1. The molecule has 1 aromatic carbocycles. The molecule has 0 spiro atoms. The van der Waals surface area contributed by atoms with Crippen LogP contribution in [0.1, 0.15) is 29.3 Å². The predicted octanol–water partition coefficient (Wildman–Crippen LogP) is 1.01. The van der Waals surface area contributed by atoms with Gasteiger partial charge in [-0.2, -0.15) is 0 Å². The minimum Gasteiger partial charge on any atom is -0.508 e. The molecule has 2 N–H and O–H groups in total. The van der Waals surface area contributed by atoms with E-state index in [2.05, 4.69) is 5.32 Å². The average Bonchev–Trinajstić information content (AvgIpc) is 2.56. The number of carbonyl (C=O) groups excluding carboxylic acids is 1. The third-order valence-electron chi connectivity index (χ3n) is 3.38. The summed E-state index contributed by atoms with van der Waals surface area (Å²) in [5.41, 5.74) is 0.319. The fourth-order valence-electron chi connectivity index (χ4n) is 2.25. The van der Waals surface area contributed by atoms with Crippen molar-refractivity contribution in [1.82, 2.24) is 5.32 Å². The molecule has 1 fully saturated rings. The number of phenols is 1. The number of sulfone groups is 1. The second-order valence-corrected chi connectivity index (χ2v) is 7.54. The molecule has 5 nitrogen and oxygen atoms in total. The van der Waals surface area contributed by atoms with Gasteiger partial charge in [0, 0.05) is 5.56 Å². The minimum absolute atomic E-state index is 0.0250. The lowest BCUT2D eigenvalue weighted by Gasteiger charge is -2.24. The van der Waals surface area contributed by atoms with Gasteiger partial charge >= 0.3 is 0 Å². The summed E-state index contributed by atoms with van der Waals surface area (Å²) >= 11 is 0. The molecule has 6 heteroatoms. The summed E-state index contributed by atoms with van der Waals surface area (Å²) in [6.07, 6.45) is 0.429. The van der Waals surface area contributed by atoms with Crippen molar-refractivity contribution in [2.75, 3.05) is 11.5 Å². The lowest BCUT2D eigenvalue weighted by molar-refractivity contribution is 0.0915. The molecule has 1 aliphatic rings. The Balaban J connectivity index is 2.15. The molecule has 1 saturated heterocycles. The maximum atomic E-state index is 12.1. The third-order valence-corrected chi connectivity index (χ3v) is 5.28. The normalized spacial score (nSPS) is 25.2. The Labute approximate surface area is 112 Å². The number of aryl methyl sites for hydroxylation is 1. The summed E-state index contributed by atoms with van der Waals surface area (Å²) in [7, 11) is -3.05. The van der Waals surface area contributed by atoms with Crippen LogP contribution in [0.15, 0.2) is 18.2 Å². The highest BCUT2D eigenvalue weighted by molar-refractivity contribution is 7.91. The first-order valence-corrected chi connectivity index (χ1v) is 7.85. The van der Waals surface area contributed by atoms with E-state index < -0.39 is 15.4 Å². The lowest BCUT2D eigenvalue weighted by atomic mass is 10.0. The molecule has 1 amide bonds. The molecule has 1 aliphatic heterocycles. The summed E-state index contributed by atoms with van der Waals surface area (Å²) < 4.78 is 23.0. The minimum atomic E-state index is -3.05. The molecular formula is C13H17NO4S. The highest BCUT2D eigenvalue weighted by atomic mass is 32.2. The van der Waals surface area contributed by atoms with Gasteiger partial charge in [-0.1, -0.05) is 0 Å². The van der Waals surface area contributed by atoms with E-state index >= 15 is 0 Å². The van der Waals surface area contributed by atoms with E-state index in [0.717, 1.165) is 0 Å². The maximum absolute atomic E-state index is 12.1. The SMILES string of the molecule is Cc1cc(C(=O)NC2(C)CCS(=O)(=O)C2)ccc1O. The Morgan fingerprint density at radius 1 is 1.42 bits per heavy atom. The second kappa shape index (κ2) is 4.52. The number of aromatic hydroxyl groups is 1. The molecule has 19 heavy (non-hydrogen) atoms. The van der Waals surface area contributed by atoms with E-state index in [0.29, 0.717) is 17.5 Å². The molecule has 104 valence electrons. The number of phenolic OH excluding ortho intramolecular Hbond substituents is 1. The number of hydrogen-bond acceptors (Lipinski definition) is 4. The number of amides is 1. The highest BCUT2D eigenvalue weighted by Crippen LogP contribution is 2.24. The summed E-state index contributed by atoms with van der Waals surface area (Å²) in [5, 5.41) is 12.2. The number of carbonyl (C=O) groups is 1. The molecule has 0 aromatic heterocycles. The van der Waals surface area contributed by atoms with Gasteiger partial charge in [0.2, 0.25) is 0 Å². The lowest BCUT2D eigenvalue weighted by Crippen LogP contribution is -2.46. The van der Waals surface area contributed by atoms with Crippen LogP contribution in [-0.2, 0) is 9.84 Å². The van der Waals surface area contributed by atoms with Gasteiger partial charge in [0.1, 0.15) is 5.75 Å². The van der Waals surface area contributed by atoms with Crippen LogP contribution in [-0.4, -0.2) is 36.5 Å². The van der Waals surface area contributed by atoms with E-state index in [1.165, 1.54) is 12.1 Å².